The maximum Gasteiger partial charge on any atom is 0.310 e. The van der Waals surface area contributed by atoms with E-state index in [-0.39, 0.29) is 36.2 Å². The third kappa shape index (κ3) is 8.81. The van der Waals surface area contributed by atoms with Crippen LogP contribution in [0, 0.1) is 23.2 Å². The van der Waals surface area contributed by atoms with Gasteiger partial charge in [0.25, 0.3) is 0 Å². The topological polar surface area (TPSA) is 186 Å². The van der Waals surface area contributed by atoms with Crippen LogP contribution in [0.2, 0.25) is 0 Å². The molecule has 0 bridgehead atoms. The molecule has 2 heterocycles. The molecule has 0 radical (unpaired) electrons. The van der Waals surface area contributed by atoms with Gasteiger partial charge >= 0.3 is 5.97 Å². The summed E-state index contributed by atoms with van der Waals surface area (Å²) in [5, 5.41) is 35.5. The van der Waals surface area contributed by atoms with Crippen molar-refractivity contribution in [3.63, 3.8) is 0 Å². The zero-order valence-corrected chi connectivity index (χ0v) is 24.5. The van der Waals surface area contributed by atoms with Crippen LogP contribution in [-0.2, 0) is 32.1 Å². The highest BCUT2D eigenvalue weighted by Crippen LogP contribution is 2.45. The van der Waals surface area contributed by atoms with Crippen LogP contribution >= 0.6 is 11.3 Å². The SMILES string of the molecule is CC(Cc1csc(CO)n1)[C@H](C[C@@H]1O[C@]1(C)CCC[C@H](C)[C@H](O)[C@@H](C)C(=O)C(C)(C)C(=O)CC(=O)O)N=[N+]=[N-]. The Balaban J connectivity index is 1.85. The minimum Gasteiger partial charge on any atom is -0.481 e. The molecule has 1 saturated heterocycles. The molecule has 1 aliphatic rings. The molecule has 0 spiro atoms. The van der Waals surface area contributed by atoms with Gasteiger partial charge in [-0.05, 0) is 63.8 Å². The number of ether oxygens (including phenoxy) is 1. The summed E-state index contributed by atoms with van der Waals surface area (Å²) in [6.07, 6.45) is 1.59. The Bertz CT molecular complexity index is 1070. The maximum absolute atomic E-state index is 12.9. The molecule has 2 rings (SSSR count). The van der Waals surface area contributed by atoms with Gasteiger partial charge in [-0.1, -0.05) is 32.3 Å². The number of rotatable bonds is 18. The molecule has 12 heteroatoms. The van der Waals surface area contributed by atoms with Gasteiger partial charge in [-0.2, -0.15) is 0 Å². The number of ketones is 2. The van der Waals surface area contributed by atoms with Gasteiger partial charge in [-0.3, -0.25) is 14.4 Å². The van der Waals surface area contributed by atoms with Crippen LogP contribution in [-0.4, -0.2) is 61.7 Å². The molecule has 0 aliphatic carbocycles. The number of hydrogen-bond donors (Lipinski definition) is 3. The number of Topliss-reactive ketones (excluding diaryl/α,β-unsaturated/α-hetero) is 2. The van der Waals surface area contributed by atoms with E-state index in [1.165, 1.54) is 25.2 Å². The Hall–Kier alpha value is -2.37. The minimum absolute atomic E-state index is 0.0452. The number of aromatic nitrogens is 1. The van der Waals surface area contributed by atoms with Gasteiger partial charge in [0.05, 0.1) is 35.5 Å². The van der Waals surface area contributed by atoms with Crippen LogP contribution in [0.15, 0.2) is 10.5 Å². The fraction of sp³-hybridized carbons (Fsp3) is 0.778. The van der Waals surface area contributed by atoms with Crippen molar-refractivity contribution in [3.8, 4) is 0 Å². The van der Waals surface area contributed by atoms with Gasteiger partial charge in [-0.15, -0.1) is 11.3 Å². The lowest BCUT2D eigenvalue weighted by atomic mass is 9.73. The molecule has 7 atom stereocenters. The molecule has 0 aromatic carbocycles. The Labute approximate surface area is 233 Å². The van der Waals surface area contributed by atoms with Crippen molar-refractivity contribution < 1.29 is 34.4 Å². The molecule has 0 saturated carbocycles. The first-order chi connectivity index (χ1) is 18.2. The van der Waals surface area contributed by atoms with Crippen molar-refractivity contribution in [2.75, 3.05) is 0 Å². The average molecular weight is 567 g/mol. The first-order valence-electron chi connectivity index (χ1n) is 13.4. The summed E-state index contributed by atoms with van der Waals surface area (Å²) in [4.78, 5) is 43.5. The summed E-state index contributed by atoms with van der Waals surface area (Å²) in [6, 6.07) is -0.263. The Morgan fingerprint density at radius 3 is 2.51 bits per heavy atom. The monoisotopic (exact) mass is 566 g/mol. The molecule has 1 aliphatic heterocycles. The highest BCUT2D eigenvalue weighted by molar-refractivity contribution is 7.09. The summed E-state index contributed by atoms with van der Waals surface area (Å²) in [5.74, 6) is -3.41. The number of aliphatic carboxylic acids is 1. The molecule has 1 unspecified atom stereocenters. The van der Waals surface area contributed by atoms with E-state index >= 15 is 0 Å². The second-order valence-electron chi connectivity index (χ2n) is 11.6. The fourth-order valence-electron chi connectivity index (χ4n) is 5.13. The number of azide groups is 1. The number of aliphatic hydroxyl groups excluding tert-OH is 2. The molecule has 218 valence electrons. The second-order valence-corrected chi connectivity index (χ2v) is 12.6. The van der Waals surface area contributed by atoms with Crippen LogP contribution in [0.1, 0.15) is 84.3 Å². The summed E-state index contributed by atoms with van der Waals surface area (Å²) in [6.45, 7) is 10.2. The van der Waals surface area contributed by atoms with E-state index in [1.807, 2.05) is 26.2 Å². The lowest BCUT2D eigenvalue weighted by molar-refractivity contribution is -0.147. The first kappa shape index (κ1) is 32.8. The second kappa shape index (κ2) is 13.8. The number of nitrogens with zero attached hydrogens (tertiary/aromatic N) is 4. The summed E-state index contributed by atoms with van der Waals surface area (Å²) < 4.78 is 6.00. The van der Waals surface area contributed by atoms with E-state index in [9.17, 15) is 24.6 Å². The number of carbonyl (C=O) groups is 3. The summed E-state index contributed by atoms with van der Waals surface area (Å²) in [5.41, 5.74) is 8.12. The van der Waals surface area contributed by atoms with Gasteiger partial charge in [0.2, 0.25) is 0 Å². The Morgan fingerprint density at radius 1 is 1.28 bits per heavy atom. The number of carboxylic acids is 1. The molecule has 39 heavy (non-hydrogen) atoms. The Morgan fingerprint density at radius 2 is 1.95 bits per heavy atom. The van der Waals surface area contributed by atoms with Crippen LogP contribution in [0.25, 0.3) is 10.4 Å². The van der Waals surface area contributed by atoms with E-state index in [0.29, 0.717) is 24.3 Å². The number of hydrogen-bond acceptors (Lipinski definition) is 9. The number of carbonyl (C=O) groups excluding carboxylic acids is 2. The van der Waals surface area contributed by atoms with E-state index in [2.05, 4.69) is 15.0 Å². The standard InChI is InChI=1S/C27H42N4O7S/c1-15(24(36)17(3)25(37)26(4,5)20(33)12-23(34)35)8-7-9-27(6)21(38-27)11-19(30-31-28)16(2)10-18-14-39-22(13-32)29-18/h14-17,19,21,24,32,36H,7-13H2,1-6H3,(H,34,35)/t15-,16?,17+,19-,21-,24-,27+/m0/s1. The van der Waals surface area contributed by atoms with Gasteiger partial charge in [0.15, 0.2) is 11.6 Å². The first-order valence-corrected chi connectivity index (χ1v) is 14.3. The number of thiazole rings is 1. The predicted octanol–water partition coefficient (Wildman–Crippen LogP) is 4.48. The van der Waals surface area contributed by atoms with Crippen molar-refractivity contribution >= 4 is 28.9 Å². The zero-order valence-electron chi connectivity index (χ0n) is 23.7. The molecule has 3 N–H and O–H groups in total. The van der Waals surface area contributed by atoms with Crippen LogP contribution in [0.3, 0.4) is 0 Å². The van der Waals surface area contributed by atoms with E-state index in [1.54, 1.807) is 6.92 Å². The van der Waals surface area contributed by atoms with E-state index in [4.69, 9.17) is 15.4 Å². The quantitative estimate of drug-likeness (QED) is 0.0762. The molecular weight excluding hydrogens is 524 g/mol. The molecule has 11 nitrogen and oxygen atoms in total. The number of carboxylic acid groups (broad SMARTS) is 1. The highest BCUT2D eigenvalue weighted by atomic mass is 32.1. The van der Waals surface area contributed by atoms with Crippen molar-refractivity contribution in [3.05, 3.63) is 26.5 Å². The smallest absolute Gasteiger partial charge is 0.310 e. The van der Waals surface area contributed by atoms with Crippen molar-refractivity contribution in [2.45, 2.75) is 111 Å². The minimum atomic E-state index is -1.48. The number of aliphatic hydroxyl groups is 2. The van der Waals surface area contributed by atoms with Gasteiger partial charge in [-0.25, -0.2) is 4.98 Å². The predicted molar refractivity (Wildman–Crippen MR) is 146 cm³/mol. The van der Waals surface area contributed by atoms with Crippen LogP contribution in [0.4, 0.5) is 0 Å². The molecule has 1 aromatic rings. The lowest BCUT2D eigenvalue weighted by Gasteiger charge is -2.30. The largest absolute Gasteiger partial charge is 0.481 e. The van der Waals surface area contributed by atoms with Crippen molar-refractivity contribution in [1.29, 1.82) is 0 Å². The molecule has 1 fully saturated rings. The molecule has 1 aromatic heterocycles. The van der Waals surface area contributed by atoms with Crippen molar-refractivity contribution in [2.24, 2.45) is 28.3 Å². The van der Waals surface area contributed by atoms with Gasteiger partial charge in [0.1, 0.15) is 11.4 Å². The zero-order chi connectivity index (χ0) is 29.5. The lowest BCUT2D eigenvalue weighted by Crippen LogP contribution is -2.43. The maximum atomic E-state index is 12.9. The molecular formula is C27H42N4O7S. The Kier molecular flexibility index (Phi) is 11.6. The van der Waals surface area contributed by atoms with E-state index in [0.717, 1.165) is 18.5 Å². The third-order valence-electron chi connectivity index (χ3n) is 8.08. The van der Waals surface area contributed by atoms with Gasteiger partial charge < -0.3 is 20.1 Å². The third-order valence-corrected chi connectivity index (χ3v) is 8.96. The van der Waals surface area contributed by atoms with Crippen molar-refractivity contribution in [1.82, 2.24) is 4.98 Å². The van der Waals surface area contributed by atoms with Crippen LogP contribution in [0.5, 0.6) is 0 Å². The highest BCUT2D eigenvalue weighted by Gasteiger charge is 2.52. The van der Waals surface area contributed by atoms with Gasteiger partial charge in [0, 0.05) is 22.3 Å². The van der Waals surface area contributed by atoms with E-state index < -0.39 is 41.4 Å². The number of epoxide rings is 1. The normalized spacial score (nSPS) is 22.7. The van der Waals surface area contributed by atoms with Crippen LogP contribution < -0.4 is 0 Å². The summed E-state index contributed by atoms with van der Waals surface area (Å²) >= 11 is 1.40. The molecule has 0 amide bonds. The average Bonchev–Trinajstić information content (AvgIpc) is 3.28. The fourth-order valence-corrected chi connectivity index (χ4v) is 5.79. The summed E-state index contributed by atoms with van der Waals surface area (Å²) in [7, 11) is 0.